The van der Waals surface area contributed by atoms with Gasteiger partial charge in [-0.1, -0.05) is 12.1 Å². The van der Waals surface area contributed by atoms with Gasteiger partial charge >= 0.3 is 6.18 Å². The second-order valence-corrected chi connectivity index (χ2v) is 6.56. The van der Waals surface area contributed by atoms with E-state index >= 15 is 0 Å². The van der Waals surface area contributed by atoms with Gasteiger partial charge < -0.3 is 15.0 Å². The lowest BCUT2D eigenvalue weighted by molar-refractivity contribution is -0.183. The number of carbonyl (C=O) groups excluding carboxylic acids is 1. The predicted molar refractivity (Wildman–Crippen MR) is 82.9 cm³/mol. The van der Waals surface area contributed by atoms with Crippen molar-refractivity contribution < 1.29 is 22.7 Å². The fourth-order valence-corrected chi connectivity index (χ4v) is 3.45. The molecule has 1 aromatic rings. The van der Waals surface area contributed by atoms with E-state index in [2.05, 4.69) is 5.32 Å². The molecule has 2 aliphatic heterocycles. The third-order valence-electron chi connectivity index (χ3n) is 4.73. The summed E-state index contributed by atoms with van der Waals surface area (Å²) in [5.74, 6) is -2.22. The first-order valence-corrected chi connectivity index (χ1v) is 8.12. The monoisotopic (exact) mass is 342 g/mol. The summed E-state index contributed by atoms with van der Waals surface area (Å²) in [5.41, 5.74) is 2.20. The molecule has 1 saturated heterocycles. The number of benzene rings is 1. The van der Waals surface area contributed by atoms with Gasteiger partial charge in [0.05, 0.1) is 18.4 Å². The summed E-state index contributed by atoms with van der Waals surface area (Å²) in [6.45, 7) is 1.05. The van der Waals surface area contributed by atoms with Crippen LogP contribution in [0.1, 0.15) is 11.1 Å². The van der Waals surface area contributed by atoms with Crippen molar-refractivity contribution in [2.75, 3.05) is 33.3 Å². The van der Waals surface area contributed by atoms with Gasteiger partial charge in [0.2, 0.25) is 5.91 Å². The second-order valence-electron chi connectivity index (χ2n) is 6.56. The minimum absolute atomic E-state index is 0.119. The van der Waals surface area contributed by atoms with Gasteiger partial charge in [-0.3, -0.25) is 4.79 Å². The Morgan fingerprint density at radius 1 is 1.38 bits per heavy atom. The Bertz CT molecular complexity index is 618. The maximum absolute atomic E-state index is 13.0. The molecule has 0 spiro atoms. The van der Waals surface area contributed by atoms with Gasteiger partial charge in [-0.15, -0.1) is 0 Å². The van der Waals surface area contributed by atoms with Crippen molar-refractivity contribution in [1.82, 2.24) is 10.2 Å². The highest BCUT2D eigenvalue weighted by atomic mass is 19.4. The molecule has 4 nitrogen and oxygen atoms in total. The molecular weight excluding hydrogens is 321 g/mol. The molecule has 0 saturated carbocycles. The number of fused-ring (bicyclic) bond motifs is 1. The number of amides is 1. The first-order valence-electron chi connectivity index (χ1n) is 8.12. The van der Waals surface area contributed by atoms with Crippen LogP contribution in [0.3, 0.4) is 0 Å². The molecule has 24 heavy (non-hydrogen) atoms. The molecule has 7 heteroatoms. The highest BCUT2D eigenvalue weighted by molar-refractivity contribution is 5.79. The molecule has 2 atom stereocenters. The first-order chi connectivity index (χ1) is 11.3. The van der Waals surface area contributed by atoms with Crippen molar-refractivity contribution in [2.24, 2.45) is 11.8 Å². The number of nitrogens with zero attached hydrogens (tertiary/aromatic N) is 1. The van der Waals surface area contributed by atoms with Crippen LogP contribution in [0.15, 0.2) is 18.2 Å². The van der Waals surface area contributed by atoms with Crippen LogP contribution < -0.4 is 10.1 Å². The van der Waals surface area contributed by atoms with Crippen LogP contribution in [0.5, 0.6) is 5.75 Å². The molecule has 1 N–H and O–H groups in total. The summed E-state index contributed by atoms with van der Waals surface area (Å²) < 4.78 is 44.6. The molecule has 0 bridgehead atoms. The maximum atomic E-state index is 13.0. The molecule has 132 valence electrons. The smallest absolute Gasteiger partial charge is 0.393 e. The Balaban J connectivity index is 1.53. The highest BCUT2D eigenvalue weighted by Crippen LogP contribution is 2.37. The second kappa shape index (κ2) is 6.63. The Kier molecular flexibility index (Phi) is 4.71. The molecule has 1 aromatic carbocycles. The van der Waals surface area contributed by atoms with Crippen molar-refractivity contribution in [3.63, 3.8) is 0 Å². The van der Waals surface area contributed by atoms with E-state index < -0.39 is 23.9 Å². The summed E-state index contributed by atoms with van der Waals surface area (Å²) in [7, 11) is 1.61. The van der Waals surface area contributed by atoms with Gasteiger partial charge in [0, 0.05) is 26.1 Å². The first kappa shape index (κ1) is 17.1. The van der Waals surface area contributed by atoms with Gasteiger partial charge in [-0.25, -0.2) is 0 Å². The quantitative estimate of drug-likeness (QED) is 0.910. The number of alkyl halides is 3. The van der Waals surface area contributed by atoms with E-state index in [1.807, 2.05) is 18.2 Å². The normalized spacial score (nSPS) is 23.8. The van der Waals surface area contributed by atoms with E-state index in [0.717, 1.165) is 23.3 Å². The van der Waals surface area contributed by atoms with Crippen LogP contribution in [0.4, 0.5) is 13.2 Å². The Labute approximate surface area is 139 Å². The number of hydrogen-bond donors (Lipinski definition) is 1. The highest BCUT2D eigenvalue weighted by Gasteiger charge is 2.51. The predicted octanol–water partition coefficient (Wildman–Crippen LogP) is 2.02. The van der Waals surface area contributed by atoms with Crippen LogP contribution in [0, 0.1) is 11.8 Å². The molecule has 3 rings (SSSR count). The lowest BCUT2D eigenvalue weighted by Gasteiger charge is -2.20. The summed E-state index contributed by atoms with van der Waals surface area (Å²) >= 11 is 0. The van der Waals surface area contributed by atoms with E-state index in [-0.39, 0.29) is 13.1 Å². The number of rotatable bonds is 4. The van der Waals surface area contributed by atoms with E-state index in [1.165, 1.54) is 0 Å². The summed E-state index contributed by atoms with van der Waals surface area (Å²) in [6, 6.07) is 5.87. The number of nitrogens with one attached hydrogen (secondary N) is 1. The van der Waals surface area contributed by atoms with E-state index in [4.69, 9.17) is 4.74 Å². The molecule has 1 fully saturated rings. The molecule has 0 unspecified atom stereocenters. The average molecular weight is 342 g/mol. The van der Waals surface area contributed by atoms with Gasteiger partial charge in [0.25, 0.3) is 0 Å². The van der Waals surface area contributed by atoms with Gasteiger partial charge in [0.1, 0.15) is 5.75 Å². The van der Waals surface area contributed by atoms with Crippen molar-refractivity contribution >= 4 is 5.91 Å². The van der Waals surface area contributed by atoms with Crippen LogP contribution >= 0.6 is 0 Å². The Morgan fingerprint density at radius 3 is 2.92 bits per heavy atom. The minimum Gasteiger partial charge on any atom is -0.493 e. The Morgan fingerprint density at radius 2 is 2.17 bits per heavy atom. The molecular formula is C17H21F3N2O2. The number of hydrogen-bond acceptors (Lipinski definition) is 3. The van der Waals surface area contributed by atoms with Crippen molar-refractivity contribution in [3.05, 3.63) is 29.3 Å². The average Bonchev–Trinajstić information content (AvgIpc) is 3.12. The lowest BCUT2D eigenvalue weighted by atomic mass is 9.94. The van der Waals surface area contributed by atoms with Gasteiger partial charge in [-0.05, 0) is 30.7 Å². The van der Waals surface area contributed by atoms with E-state index in [0.29, 0.717) is 19.6 Å². The number of likely N-dealkylation sites (tertiary alicyclic amines) is 1. The fourth-order valence-electron chi connectivity index (χ4n) is 3.45. The van der Waals surface area contributed by atoms with Crippen molar-refractivity contribution in [2.45, 2.75) is 19.0 Å². The lowest BCUT2D eigenvalue weighted by Crippen LogP contribution is -2.40. The molecule has 0 radical (unpaired) electrons. The number of halogens is 3. The SMILES string of the molecule is CN1C[C@@H](C(F)(F)F)[C@H](C(=O)NCCc2ccc3c(c2)CCO3)C1. The van der Waals surface area contributed by atoms with Gasteiger partial charge in [-0.2, -0.15) is 13.2 Å². The van der Waals surface area contributed by atoms with E-state index in [9.17, 15) is 18.0 Å². The van der Waals surface area contributed by atoms with Crippen LogP contribution in [0.25, 0.3) is 0 Å². The number of ether oxygens (including phenoxy) is 1. The van der Waals surface area contributed by atoms with Crippen LogP contribution in [-0.4, -0.2) is 50.3 Å². The summed E-state index contributed by atoms with van der Waals surface area (Å²) in [4.78, 5) is 13.7. The summed E-state index contributed by atoms with van der Waals surface area (Å²) in [6.07, 6.45) is -2.87. The zero-order chi connectivity index (χ0) is 17.3. The molecule has 2 heterocycles. The van der Waals surface area contributed by atoms with Crippen LogP contribution in [-0.2, 0) is 17.6 Å². The molecule has 0 aliphatic carbocycles. The Hall–Kier alpha value is -1.76. The van der Waals surface area contributed by atoms with Gasteiger partial charge in [0.15, 0.2) is 0 Å². The largest absolute Gasteiger partial charge is 0.493 e. The topological polar surface area (TPSA) is 41.6 Å². The minimum atomic E-state index is -4.34. The summed E-state index contributed by atoms with van der Waals surface area (Å²) in [5, 5.41) is 2.67. The third-order valence-corrected chi connectivity index (χ3v) is 4.73. The maximum Gasteiger partial charge on any atom is 0.393 e. The zero-order valence-electron chi connectivity index (χ0n) is 13.5. The molecule has 0 aromatic heterocycles. The van der Waals surface area contributed by atoms with Crippen LogP contribution in [0.2, 0.25) is 0 Å². The van der Waals surface area contributed by atoms with E-state index in [1.54, 1.807) is 11.9 Å². The third kappa shape index (κ3) is 3.66. The molecule has 2 aliphatic rings. The number of carbonyl (C=O) groups is 1. The standard InChI is InChI=1S/C17H21F3N2O2/c1-22-9-13(14(10-22)17(18,19)20)16(23)21-6-4-11-2-3-15-12(8-11)5-7-24-15/h2-3,8,13-14H,4-7,9-10H2,1H3,(H,21,23)/t13-,14-/m1/s1. The van der Waals surface area contributed by atoms with Crippen molar-refractivity contribution in [1.29, 1.82) is 0 Å². The molecule has 1 amide bonds. The van der Waals surface area contributed by atoms with Crippen molar-refractivity contribution in [3.8, 4) is 5.75 Å². The zero-order valence-corrected chi connectivity index (χ0v) is 13.5. The fraction of sp³-hybridized carbons (Fsp3) is 0.588.